The number of nitrogens with zero attached hydrogens (tertiary/aromatic N) is 1. The topological polar surface area (TPSA) is 81.0 Å². The lowest BCUT2D eigenvalue weighted by Gasteiger charge is -2.28. The van der Waals surface area contributed by atoms with E-state index >= 15 is 0 Å². The summed E-state index contributed by atoms with van der Waals surface area (Å²) in [5.74, 6) is -0.304. The van der Waals surface area contributed by atoms with Gasteiger partial charge in [-0.15, -0.1) is 0 Å². The van der Waals surface area contributed by atoms with Crippen molar-refractivity contribution in [2.24, 2.45) is 0 Å². The van der Waals surface area contributed by atoms with E-state index in [9.17, 15) is 24.5 Å². The molecule has 3 atom stereocenters. The van der Waals surface area contributed by atoms with Crippen LogP contribution in [0.2, 0.25) is 0 Å². The van der Waals surface area contributed by atoms with Crippen LogP contribution in [0.25, 0.3) is 0 Å². The molecule has 0 bridgehead atoms. The van der Waals surface area contributed by atoms with Crippen molar-refractivity contribution >= 4 is 22.7 Å². The number of hydrogen-bond acceptors (Lipinski definition) is 5. The summed E-state index contributed by atoms with van der Waals surface area (Å²) in [4.78, 5) is 14.7. The van der Waals surface area contributed by atoms with Gasteiger partial charge in [-0.1, -0.05) is 54.2 Å². The van der Waals surface area contributed by atoms with Crippen LogP contribution >= 0.6 is 11.8 Å². The zero-order valence-electron chi connectivity index (χ0n) is 18.0. The van der Waals surface area contributed by atoms with E-state index in [-0.39, 0.29) is 34.7 Å². The molecule has 172 valence electrons. The van der Waals surface area contributed by atoms with Gasteiger partial charge in [-0.2, -0.15) is 0 Å². The standard InChI is InChI=1S/C26H26FNO4S/c27-19-12-10-18(11-13-19)22(30)7-4-8-24-25(21-14-9-17(16-29)15-23(21)31)28(26(32)33-24)20-5-2-1-3-6-20/h1-3,5-6,9-15,22,24-25,29-31H,4,7-8,16H2/t22-,24-,25?/m1/s1. The van der Waals surface area contributed by atoms with E-state index in [1.165, 1.54) is 30.0 Å². The maximum absolute atomic E-state index is 13.1. The van der Waals surface area contributed by atoms with Crippen molar-refractivity contribution in [3.63, 3.8) is 0 Å². The Kier molecular flexibility index (Phi) is 7.33. The number of aromatic hydroxyl groups is 1. The van der Waals surface area contributed by atoms with Crippen molar-refractivity contribution in [1.82, 2.24) is 0 Å². The third-order valence-electron chi connectivity index (χ3n) is 5.93. The molecule has 3 aromatic carbocycles. The highest BCUT2D eigenvalue weighted by molar-refractivity contribution is 8.14. The molecule has 4 rings (SSSR count). The molecule has 7 heteroatoms. The van der Waals surface area contributed by atoms with Gasteiger partial charge in [-0.25, -0.2) is 4.39 Å². The number of benzene rings is 3. The molecule has 0 aromatic heterocycles. The van der Waals surface area contributed by atoms with E-state index in [4.69, 9.17) is 0 Å². The number of para-hydroxylation sites is 1. The number of thioether (sulfide) groups is 1. The van der Waals surface area contributed by atoms with E-state index in [0.29, 0.717) is 36.0 Å². The van der Waals surface area contributed by atoms with Crippen LogP contribution in [-0.4, -0.2) is 25.8 Å². The molecule has 1 fully saturated rings. The summed E-state index contributed by atoms with van der Waals surface area (Å²) >= 11 is 1.23. The Bertz CT molecular complexity index is 1090. The maximum atomic E-state index is 13.1. The zero-order chi connectivity index (χ0) is 23.4. The lowest BCUT2D eigenvalue weighted by molar-refractivity contribution is 0.163. The summed E-state index contributed by atoms with van der Waals surface area (Å²) in [7, 11) is 0. The van der Waals surface area contributed by atoms with Crippen molar-refractivity contribution in [3.05, 3.63) is 95.3 Å². The molecule has 5 nitrogen and oxygen atoms in total. The summed E-state index contributed by atoms with van der Waals surface area (Å²) in [5, 5.41) is 30.4. The van der Waals surface area contributed by atoms with Gasteiger partial charge in [0.25, 0.3) is 5.24 Å². The molecule has 1 aliphatic heterocycles. The number of hydrogen-bond donors (Lipinski definition) is 3. The number of carbonyl (C=O) groups is 1. The average Bonchev–Trinajstić information content (AvgIpc) is 3.15. The van der Waals surface area contributed by atoms with Crippen LogP contribution in [0.5, 0.6) is 5.75 Å². The predicted molar refractivity (Wildman–Crippen MR) is 128 cm³/mol. The number of rotatable bonds is 8. The van der Waals surface area contributed by atoms with Crippen LogP contribution in [0.1, 0.15) is 48.1 Å². The molecule has 3 aromatic rings. The Balaban J connectivity index is 1.55. The average molecular weight is 468 g/mol. The second-order valence-corrected chi connectivity index (χ2v) is 9.31. The van der Waals surface area contributed by atoms with Gasteiger partial charge in [0.2, 0.25) is 0 Å². The van der Waals surface area contributed by atoms with Crippen molar-refractivity contribution in [2.45, 2.75) is 43.3 Å². The van der Waals surface area contributed by atoms with Gasteiger partial charge in [-0.3, -0.25) is 9.69 Å². The number of aliphatic hydroxyl groups excluding tert-OH is 2. The number of aliphatic hydroxyl groups is 2. The van der Waals surface area contributed by atoms with Gasteiger partial charge in [0.15, 0.2) is 0 Å². The van der Waals surface area contributed by atoms with Crippen LogP contribution in [0.3, 0.4) is 0 Å². The van der Waals surface area contributed by atoms with Gasteiger partial charge >= 0.3 is 0 Å². The third kappa shape index (κ3) is 5.21. The first-order valence-corrected chi connectivity index (χ1v) is 11.8. The Morgan fingerprint density at radius 3 is 2.42 bits per heavy atom. The predicted octanol–water partition coefficient (Wildman–Crippen LogP) is 5.71. The van der Waals surface area contributed by atoms with Crippen LogP contribution in [0, 0.1) is 5.82 Å². The lowest BCUT2D eigenvalue weighted by Crippen LogP contribution is -2.29. The molecule has 1 amide bonds. The Labute approximate surface area is 196 Å². The van der Waals surface area contributed by atoms with Crippen molar-refractivity contribution in [2.75, 3.05) is 4.90 Å². The van der Waals surface area contributed by atoms with Crippen molar-refractivity contribution < 1.29 is 24.5 Å². The third-order valence-corrected chi connectivity index (χ3v) is 7.13. The number of phenols is 1. The number of phenolic OH excluding ortho intramolecular Hbond substituents is 1. The summed E-state index contributed by atoms with van der Waals surface area (Å²) in [6, 6.07) is 19.8. The second-order valence-electron chi connectivity index (χ2n) is 8.12. The summed E-state index contributed by atoms with van der Waals surface area (Å²) < 4.78 is 13.1. The van der Waals surface area contributed by atoms with Crippen LogP contribution < -0.4 is 4.90 Å². The summed E-state index contributed by atoms with van der Waals surface area (Å²) in [5.41, 5.74) is 2.63. The van der Waals surface area contributed by atoms with E-state index in [0.717, 1.165) is 5.69 Å². The zero-order valence-corrected chi connectivity index (χ0v) is 18.8. The van der Waals surface area contributed by atoms with E-state index in [2.05, 4.69) is 0 Å². The molecule has 1 saturated heterocycles. The van der Waals surface area contributed by atoms with E-state index < -0.39 is 6.10 Å². The molecule has 1 aliphatic rings. The van der Waals surface area contributed by atoms with Gasteiger partial charge in [0.1, 0.15) is 11.6 Å². The second kappa shape index (κ2) is 10.4. The number of amides is 1. The monoisotopic (exact) mass is 467 g/mol. The van der Waals surface area contributed by atoms with E-state index in [1.807, 2.05) is 30.3 Å². The minimum atomic E-state index is -0.714. The maximum Gasteiger partial charge on any atom is 0.287 e. The van der Waals surface area contributed by atoms with Crippen LogP contribution in [0.15, 0.2) is 72.8 Å². The van der Waals surface area contributed by atoms with Crippen molar-refractivity contribution in [1.29, 1.82) is 0 Å². The number of carbonyl (C=O) groups excluding carboxylic acids is 1. The van der Waals surface area contributed by atoms with Crippen LogP contribution in [-0.2, 0) is 6.61 Å². The van der Waals surface area contributed by atoms with E-state index in [1.54, 1.807) is 29.2 Å². The molecule has 1 heterocycles. The fourth-order valence-electron chi connectivity index (χ4n) is 4.24. The molecule has 33 heavy (non-hydrogen) atoms. The largest absolute Gasteiger partial charge is 0.508 e. The quantitative estimate of drug-likeness (QED) is 0.395. The van der Waals surface area contributed by atoms with Gasteiger partial charge in [-0.05, 0) is 60.7 Å². The minimum absolute atomic E-state index is 0.0409. The SMILES string of the molecule is O=C1S[C@H](CCC[C@@H](O)c2ccc(F)cc2)C(c2ccc(CO)cc2O)N1c1ccccc1. The minimum Gasteiger partial charge on any atom is -0.508 e. The molecule has 0 spiro atoms. The molecule has 3 N–H and O–H groups in total. The van der Waals surface area contributed by atoms with Crippen LogP contribution in [0.4, 0.5) is 14.9 Å². The molecule has 0 aliphatic carbocycles. The summed E-state index contributed by atoms with van der Waals surface area (Å²) in [6.07, 6.45) is 1.06. The number of halogens is 1. The fourth-order valence-corrected chi connectivity index (χ4v) is 5.52. The first-order chi connectivity index (χ1) is 16.0. The number of anilines is 1. The Morgan fingerprint density at radius 1 is 1.03 bits per heavy atom. The first-order valence-electron chi connectivity index (χ1n) is 10.9. The van der Waals surface area contributed by atoms with Gasteiger partial charge in [0.05, 0.1) is 18.8 Å². The highest BCUT2D eigenvalue weighted by atomic mass is 32.2. The first kappa shape index (κ1) is 23.3. The molecule has 0 saturated carbocycles. The molecular weight excluding hydrogens is 441 g/mol. The van der Waals surface area contributed by atoms with Gasteiger partial charge < -0.3 is 15.3 Å². The smallest absolute Gasteiger partial charge is 0.287 e. The highest BCUT2D eigenvalue weighted by Gasteiger charge is 2.43. The molecular formula is C26H26FNO4S. The Morgan fingerprint density at radius 2 is 1.76 bits per heavy atom. The van der Waals surface area contributed by atoms with Gasteiger partial charge in [0, 0.05) is 16.5 Å². The fraction of sp³-hybridized carbons (Fsp3) is 0.269. The lowest BCUT2D eigenvalue weighted by atomic mass is 9.95. The normalized spacial score (nSPS) is 19.1. The summed E-state index contributed by atoms with van der Waals surface area (Å²) in [6.45, 7) is -0.181. The molecule has 1 unspecified atom stereocenters. The Hall–Kier alpha value is -2.87. The molecule has 0 radical (unpaired) electrons. The highest BCUT2D eigenvalue weighted by Crippen LogP contribution is 2.48. The van der Waals surface area contributed by atoms with Crippen molar-refractivity contribution in [3.8, 4) is 5.75 Å².